The Bertz CT molecular complexity index is 1090. The van der Waals surface area contributed by atoms with Crippen LogP contribution in [0.5, 0.6) is 23.0 Å². The number of carbonyl (C=O) groups excluding carboxylic acids is 1. The Labute approximate surface area is 168 Å². The van der Waals surface area contributed by atoms with E-state index in [2.05, 4.69) is 10.3 Å². The number of aromatic nitrogens is 1. The summed E-state index contributed by atoms with van der Waals surface area (Å²) in [4.78, 5) is 17.0. The lowest BCUT2D eigenvalue weighted by molar-refractivity contribution is -0.123. The lowest BCUT2D eigenvalue weighted by Gasteiger charge is -2.14. The molecule has 6 heteroatoms. The van der Waals surface area contributed by atoms with E-state index in [9.17, 15) is 4.79 Å². The van der Waals surface area contributed by atoms with Gasteiger partial charge in [-0.15, -0.1) is 0 Å². The Morgan fingerprint density at radius 2 is 1.97 bits per heavy atom. The second kappa shape index (κ2) is 6.95. The van der Waals surface area contributed by atoms with E-state index in [0.29, 0.717) is 23.3 Å². The molecule has 1 saturated carbocycles. The van der Waals surface area contributed by atoms with Gasteiger partial charge in [-0.05, 0) is 44.0 Å². The van der Waals surface area contributed by atoms with Gasteiger partial charge in [0.1, 0.15) is 35.0 Å². The van der Waals surface area contributed by atoms with Gasteiger partial charge in [0.25, 0.3) is 0 Å². The van der Waals surface area contributed by atoms with Crippen LogP contribution >= 0.6 is 0 Å². The predicted molar refractivity (Wildman–Crippen MR) is 109 cm³/mol. The van der Waals surface area contributed by atoms with Gasteiger partial charge >= 0.3 is 0 Å². The van der Waals surface area contributed by atoms with Crippen molar-refractivity contribution in [2.24, 2.45) is 0 Å². The number of benzene rings is 2. The highest BCUT2D eigenvalue weighted by atomic mass is 16.5. The number of nitrogens with one attached hydrogen (secondary N) is 1. The topological polar surface area (TPSA) is 69.7 Å². The van der Waals surface area contributed by atoms with Crippen LogP contribution in [0.15, 0.2) is 48.7 Å². The number of hydrogen-bond donors (Lipinski definition) is 1. The molecule has 1 fully saturated rings. The Balaban J connectivity index is 1.42. The predicted octanol–water partition coefficient (Wildman–Crippen LogP) is 4.18. The molecular weight excluding hydrogens is 368 g/mol. The third-order valence-electron chi connectivity index (χ3n) is 5.45. The van der Waals surface area contributed by atoms with Gasteiger partial charge in [0.2, 0.25) is 5.91 Å². The molecule has 0 radical (unpaired) electrons. The molecule has 0 bridgehead atoms. The van der Waals surface area contributed by atoms with E-state index in [0.717, 1.165) is 35.1 Å². The van der Waals surface area contributed by atoms with Crippen molar-refractivity contribution in [1.82, 2.24) is 10.3 Å². The van der Waals surface area contributed by atoms with E-state index in [4.69, 9.17) is 14.2 Å². The van der Waals surface area contributed by atoms with Crippen LogP contribution < -0.4 is 19.5 Å². The molecule has 2 aliphatic rings. The van der Waals surface area contributed by atoms with Gasteiger partial charge in [-0.25, -0.2) is 0 Å². The molecule has 3 aromatic rings. The molecule has 2 unspecified atom stereocenters. The van der Waals surface area contributed by atoms with Crippen LogP contribution in [0.3, 0.4) is 0 Å². The third-order valence-corrected chi connectivity index (χ3v) is 5.45. The maximum absolute atomic E-state index is 12.6. The number of ether oxygens (including phenoxy) is 3. The Morgan fingerprint density at radius 1 is 1.14 bits per heavy atom. The minimum absolute atomic E-state index is 0.0430. The molecular formula is C23H22N2O4. The molecule has 1 aliphatic carbocycles. The zero-order valence-electron chi connectivity index (χ0n) is 16.3. The third kappa shape index (κ3) is 3.35. The zero-order chi connectivity index (χ0) is 20.0. The molecule has 6 nitrogen and oxygen atoms in total. The molecule has 1 aromatic heterocycles. The summed E-state index contributed by atoms with van der Waals surface area (Å²) < 4.78 is 17.4. The summed E-state index contributed by atoms with van der Waals surface area (Å²) in [6.07, 6.45) is 3.65. The smallest absolute Gasteiger partial charge is 0.231 e. The fourth-order valence-electron chi connectivity index (χ4n) is 3.78. The average molecular weight is 390 g/mol. The van der Waals surface area contributed by atoms with Gasteiger partial charge in [-0.1, -0.05) is 6.07 Å². The van der Waals surface area contributed by atoms with E-state index in [1.54, 1.807) is 13.3 Å². The summed E-state index contributed by atoms with van der Waals surface area (Å²) in [5.74, 6) is 2.56. The first-order chi connectivity index (χ1) is 14.1. The molecule has 1 aliphatic heterocycles. The molecule has 2 aromatic carbocycles. The number of hydrogen-bond acceptors (Lipinski definition) is 5. The van der Waals surface area contributed by atoms with Crippen LogP contribution in [0.1, 0.15) is 31.2 Å². The highest BCUT2D eigenvalue weighted by Crippen LogP contribution is 2.42. The van der Waals surface area contributed by atoms with Crippen LogP contribution in [0, 0.1) is 0 Å². The first-order valence-corrected chi connectivity index (χ1v) is 9.84. The fraction of sp³-hybridized carbons (Fsp3) is 0.304. The molecule has 2 heterocycles. The number of fused-ring (bicyclic) bond motifs is 2. The largest absolute Gasteiger partial charge is 0.497 e. The second-order valence-corrected chi connectivity index (χ2v) is 7.58. The lowest BCUT2D eigenvalue weighted by Crippen LogP contribution is -2.35. The molecule has 1 amide bonds. The lowest BCUT2D eigenvalue weighted by atomic mass is 9.95. The quantitative estimate of drug-likeness (QED) is 0.708. The number of methoxy groups -OCH3 is 1. The van der Waals surface area contributed by atoms with Crippen molar-refractivity contribution >= 4 is 16.8 Å². The van der Waals surface area contributed by atoms with Gasteiger partial charge in [0.15, 0.2) is 0 Å². The standard InChI is InChI=1S/C23H22N2O4/c1-13-22(23(26)25-14-3-4-14)18-8-6-16(12-21(18)28-13)29-20-9-10-24-19-11-15(27-2)5-7-17(19)20/h5-14,22H,3-4H2,1-2H3,(H,25,26). The number of carbonyl (C=O) groups is 1. The summed E-state index contributed by atoms with van der Waals surface area (Å²) in [7, 11) is 1.63. The SMILES string of the molecule is COc1ccc2c(Oc3ccc4c(c3)OC(C)C4C(=O)NC3CC3)ccnc2c1. The van der Waals surface area contributed by atoms with Gasteiger partial charge in [0.05, 0.1) is 12.6 Å². The van der Waals surface area contributed by atoms with Crippen molar-refractivity contribution in [2.75, 3.05) is 7.11 Å². The summed E-state index contributed by atoms with van der Waals surface area (Å²) >= 11 is 0. The Morgan fingerprint density at radius 3 is 2.76 bits per heavy atom. The van der Waals surface area contributed by atoms with Crippen LogP contribution in [-0.2, 0) is 4.79 Å². The van der Waals surface area contributed by atoms with E-state index < -0.39 is 0 Å². The molecule has 5 rings (SSSR count). The first-order valence-electron chi connectivity index (χ1n) is 9.84. The average Bonchev–Trinajstić information content (AvgIpc) is 3.47. The minimum atomic E-state index is -0.283. The van der Waals surface area contributed by atoms with Crippen LogP contribution in [0.2, 0.25) is 0 Å². The molecule has 2 atom stereocenters. The Hall–Kier alpha value is -3.28. The van der Waals surface area contributed by atoms with Crippen molar-refractivity contribution < 1.29 is 19.0 Å². The van der Waals surface area contributed by atoms with Gasteiger partial charge < -0.3 is 19.5 Å². The zero-order valence-corrected chi connectivity index (χ0v) is 16.3. The van der Waals surface area contributed by atoms with Crippen molar-refractivity contribution in [1.29, 1.82) is 0 Å². The van der Waals surface area contributed by atoms with Crippen molar-refractivity contribution in [3.63, 3.8) is 0 Å². The van der Waals surface area contributed by atoms with Crippen molar-refractivity contribution in [2.45, 2.75) is 37.8 Å². The molecule has 148 valence electrons. The first kappa shape index (κ1) is 17.8. The van der Waals surface area contributed by atoms with Crippen molar-refractivity contribution in [3.8, 4) is 23.0 Å². The number of nitrogens with zero attached hydrogens (tertiary/aromatic N) is 1. The van der Waals surface area contributed by atoms with Crippen LogP contribution in [-0.4, -0.2) is 30.1 Å². The maximum atomic E-state index is 12.6. The number of rotatable bonds is 5. The Kier molecular flexibility index (Phi) is 4.27. The normalized spacial score (nSPS) is 20.1. The molecule has 29 heavy (non-hydrogen) atoms. The van der Waals surface area contributed by atoms with Crippen LogP contribution in [0.25, 0.3) is 10.9 Å². The summed E-state index contributed by atoms with van der Waals surface area (Å²) in [5, 5.41) is 3.98. The molecule has 0 spiro atoms. The van der Waals surface area contributed by atoms with Gasteiger partial charge in [-0.3, -0.25) is 9.78 Å². The summed E-state index contributed by atoms with van der Waals surface area (Å²) in [6, 6.07) is 13.5. The number of amides is 1. The van der Waals surface area contributed by atoms with Gasteiger partial charge in [-0.2, -0.15) is 0 Å². The summed E-state index contributed by atoms with van der Waals surface area (Å²) in [6.45, 7) is 1.93. The minimum Gasteiger partial charge on any atom is -0.497 e. The summed E-state index contributed by atoms with van der Waals surface area (Å²) in [5.41, 5.74) is 1.71. The van der Waals surface area contributed by atoms with Crippen LogP contribution in [0.4, 0.5) is 0 Å². The second-order valence-electron chi connectivity index (χ2n) is 7.58. The van der Waals surface area contributed by atoms with E-state index in [1.807, 2.05) is 49.4 Å². The van der Waals surface area contributed by atoms with E-state index >= 15 is 0 Å². The fourth-order valence-corrected chi connectivity index (χ4v) is 3.78. The monoisotopic (exact) mass is 390 g/mol. The van der Waals surface area contributed by atoms with Crippen molar-refractivity contribution in [3.05, 3.63) is 54.2 Å². The van der Waals surface area contributed by atoms with E-state index in [1.165, 1.54) is 0 Å². The highest BCUT2D eigenvalue weighted by Gasteiger charge is 2.39. The maximum Gasteiger partial charge on any atom is 0.231 e. The van der Waals surface area contributed by atoms with Gasteiger partial charge in [0, 0.05) is 35.3 Å². The highest BCUT2D eigenvalue weighted by molar-refractivity contribution is 5.87. The molecule has 0 saturated heterocycles. The number of pyridine rings is 1. The molecule has 1 N–H and O–H groups in total. The van der Waals surface area contributed by atoms with E-state index in [-0.39, 0.29) is 17.9 Å².